The number of benzene rings is 1. The van der Waals surface area contributed by atoms with Crippen molar-refractivity contribution in [3.05, 3.63) is 52.4 Å². The number of rotatable bonds is 7. The molecule has 2 heterocycles. The molecule has 1 saturated heterocycles. The van der Waals surface area contributed by atoms with Crippen molar-refractivity contribution in [3.63, 3.8) is 0 Å². The molecular weight excluding hydrogens is 469 g/mol. The van der Waals surface area contributed by atoms with Crippen molar-refractivity contribution < 1.29 is 27.1 Å². The average molecular weight is 488 g/mol. The fourth-order valence-corrected chi connectivity index (χ4v) is 4.41. The van der Waals surface area contributed by atoms with Crippen LogP contribution in [-0.4, -0.2) is 62.2 Å². The standard InChI is InChI=1S/C18H19BrFN3O5S/c19-15-12-13(20)3-4-16(15)28-18-14(2-1-5-22-18)17(24)21-6-11-29(25,26)23-7-9-27-10-8-23/h1-5,12H,6-11H2,(H,21,24). The topological polar surface area (TPSA) is 97.8 Å². The molecule has 1 aromatic carbocycles. The molecule has 1 fully saturated rings. The van der Waals surface area contributed by atoms with E-state index >= 15 is 0 Å². The van der Waals surface area contributed by atoms with Crippen LogP contribution in [0.15, 0.2) is 41.0 Å². The first kappa shape index (κ1) is 21.6. The molecule has 1 aliphatic heterocycles. The number of halogens is 2. The van der Waals surface area contributed by atoms with Gasteiger partial charge in [0.2, 0.25) is 15.9 Å². The molecule has 0 atom stereocenters. The van der Waals surface area contributed by atoms with Gasteiger partial charge < -0.3 is 14.8 Å². The summed E-state index contributed by atoms with van der Waals surface area (Å²) in [5, 5.41) is 2.58. The van der Waals surface area contributed by atoms with E-state index in [-0.39, 0.29) is 29.5 Å². The van der Waals surface area contributed by atoms with Crippen LogP contribution in [0, 0.1) is 5.82 Å². The normalized spacial score (nSPS) is 15.1. The Morgan fingerprint density at radius 1 is 1.31 bits per heavy atom. The predicted octanol–water partition coefficient (Wildman–Crippen LogP) is 2.17. The van der Waals surface area contributed by atoms with Crippen molar-refractivity contribution in [2.45, 2.75) is 0 Å². The second-order valence-electron chi connectivity index (χ2n) is 6.12. The quantitative estimate of drug-likeness (QED) is 0.642. The molecule has 0 spiro atoms. The molecule has 3 rings (SSSR count). The van der Waals surface area contributed by atoms with Crippen LogP contribution in [0.3, 0.4) is 0 Å². The predicted molar refractivity (Wildman–Crippen MR) is 107 cm³/mol. The third-order valence-corrected chi connectivity index (χ3v) is 6.62. The van der Waals surface area contributed by atoms with E-state index in [0.717, 1.165) is 0 Å². The van der Waals surface area contributed by atoms with Gasteiger partial charge in [-0.1, -0.05) is 0 Å². The number of ether oxygens (including phenoxy) is 2. The van der Waals surface area contributed by atoms with Crippen molar-refractivity contribution in [1.29, 1.82) is 0 Å². The summed E-state index contributed by atoms with van der Waals surface area (Å²) in [5.41, 5.74) is 0.132. The summed E-state index contributed by atoms with van der Waals surface area (Å²) in [5.74, 6) is -0.880. The van der Waals surface area contributed by atoms with Gasteiger partial charge in [-0.05, 0) is 46.3 Å². The number of sulfonamides is 1. The minimum absolute atomic E-state index is 0.0216. The highest BCUT2D eigenvalue weighted by Crippen LogP contribution is 2.30. The molecule has 1 aliphatic rings. The Bertz CT molecular complexity index is 983. The lowest BCUT2D eigenvalue weighted by atomic mass is 10.2. The molecule has 1 N–H and O–H groups in total. The second kappa shape index (κ2) is 9.61. The lowest BCUT2D eigenvalue weighted by molar-refractivity contribution is 0.0730. The zero-order valence-corrected chi connectivity index (χ0v) is 17.7. The van der Waals surface area contributed by atoms with E-state index in [1.807, 2.05) is 0 Å². The number of nitrogens with zero attached hydrogens (tertiary/aromatic N) is 2. The van der Waals surface area contributed by atoms with E-state index in [4.69, 9.17) is 9.47 Å². The SMILES string of the molecule is O=C(NCCS(=O)(=O)N1CCOCC1)c1cccnc1Oc1ccc(F)cc1Br. The van der Waals surface area contributed by atoms with Crippen molar-refractivity contribution in [1.82, 2.24) is 14.6 Å². The van der Waals surface area contributed by atoms with Gasteiger partial charge in [-0.25, -0.2) is 17.8 Å². The van der Waals surface area contributed by atoms with Gasteiger partial charge in [-0.15, -0.1) is 0 Å². The maximum atomic E-state index is 13.2. The third-order valence-electron chi connectivity index (χ3n) is 4.13. The summed E-state index contributed by atoms with van der Waals surface area (Å²) in [6, 6.07) is 6.93. The van der Waals surface area contributed by atoms with E-state index in [2.05, 4.69) is 26.2 Å². The van der Waals surface area contributed by atoms with E-state index in [1.54, 1.807) is 6.07 Å². The van der Waals surface area contributed by atoms with Gasteiger partial charge in [-0.2, -0.15) is 4.31 Å². The highest BCUT2D eigenvalue weighted by atomic mass is 79.9. The number of amides is 1. The van der Waals surface area contributed by atoms with Crippen molar-refractivity contribution in [3.8, 4) is 11.6 Å². The van der Waals surface area contributed by atoms with E-state index in [9.17, 15) is 17.6 Å². The number of morpholine rings is 1. The first-order valence-corrected chi connectivity index (χ1v) is 11.2. The summed E-state index contributed by atoms with van der Waals surface area (Å²) in [6.07, 6.45) is 1.45. The molecule has 1 aromatic heterocycles. The number of carbonyl (C=O) groups is 1. The largest absolute Gasteiger partial charge is 0.437 e. The lowest BCUT2D eigenvalue weighted by Gasteiger charge is -2.26. The van der Waals surface area contributed by atoms with Crippen molar-refractivity contribution >= 4 is 31.9 Å². The van der Waals surface area contributed by atoms with Crippen LogP contribution in [0.25, 0.3) is 0 Å². The zero-order valence-electron chi connectivity index (χ0n) is 15.3. The number of carbonyl (C=O) groups excluding carboxylic acids is 1. The molecule has 0 radical (unpaired) electrons. The molecule has 29 heavy (non-hydrogen) atoms. The van der Waals surface area contributed by atoms with Gasteiger partial charge in [0.15, 0.2) is 0 Å². The minimum atomic E-state index is -3.48. The van der Waals surface area contributed by atoms with Crippen molar-refractivity contribution in [2.24, 2.45) is 0 Å². The highest BCUT2D eigenvalue weighted by Gasteiger charge is 2.24. The smallest absolute Gasteiger partial charge is 0.256 e. The number of pyridine rings is 1. The highest BCUT2D eigenvalue weighted by molar-refractivity contribution is 9.10. The Hall–Kier alpha value is -2.08. The van der Waals surface area contributed by atoms with Crippen LogP contribution in [0.4, 0.5) is 4.39 Å². The van der Waals surface area contributed by atoms with Crippen LogP contribution in [0.5, 0.6) is 11.6 Å². The average Bonchev–Trinajstić information content (AvgIpc) is 2.71. The van der Waals surface area contributed by atoms with Gasteiger partial charge in [0.25, 0.3) is 5.91 Å². The Morgan fingerprint density at radius 3 is 2.79 bits per heavy atom. The summed E-state index contributed by atoms with van der Waals surface area (Å²) in [4.78, 5) is 16.6. The Balaban J connectivity index is 1.64. The van der Waals surface area contributed by atoms with Gasteiger partial charge in [0, 0.05) is 25.8 Å². The molecule has 8 nitrogen and oxygen atoms in total. The van der Waals surface area contributed by atoms with Gasteiger partial charge in [0.05, 0.1) is 23.4 Å². The lowest BCUT2D eigenvalue weighted by Crippen LogP contribution is -2.43. The fraction of sp³-hybridized carbons (Fsp3) is 0.333. The van der Waals surface area contributed by atoms with Crippen LogP contribution < -0.4 is 10.1 Å². The molecule has 2 aromatic rings. The molecule has 0 unspecified atom stereocenters. The molecule has 0 bridgehead atoms. The maximum Gasteiger partial charge on any atom is 0.256 e. The molecule has 11 heteroatoms. The number of hydrogen-bond donors (Lipinski definition) is 1. The summed E-state index contributed by atoms with van der Waals surface area (Å²) >= 11 is 3.19. The summed E-state index contributed by atoms with van der Waals surface area (Å²) in [7, 11) is -3.48. The Morgan fingerprint density at radius 2 is 2.07 bits per heavy atom. The Kier molecular flexibility index (Phi) is 7.17. The monoisotopic (exact) mass is 487 g/mol. The fourth-order valence-electron chi connectivity index (χ4n) is 2.65. The minimum Gasteiger partial charge on any atom is -0.437 e. The van der Waals surface area contributed by atoms with E-state index < -0.39 is 21.7 Å². The molecule has 1 amide bonds. The van der Waals surface area contributed by atoms with Gasteiger partial charge in [-0.3, -0.25) is 4.79 Å². The van der Waals surface area contributed by atoms with Gasteiger partial charge in [0.1, 0.15) is 17.1 Å². The molecule has 0 saturated carbocycles. The molecular formula is C18H19BrFN3O5S. The summed E-state index contributed by atoms with van der Waals surface area (Å²) in [6.45, 7) is 1.28. The molecule has 156 valence electrons. The first-order valence-electron chi connectivity index (χ1n) is 8.78. The first-order chi connectivity index (χ1) is 13.9. The zero-order chi connectivity index (χ0) is 20.9. The van der Waals surface area contributed by atoms with Crippen LogP contribution in [0.1, 0.15) is 10.4 Å². The number of aromatic nitrogens is 1. The number of hydrogen-bond acceptors (Lipinski definition) is 6. The van der Waals surface area contributed by atoms with Gasteiger partial charge >= 0.3 is 0 Å². The van der Waals surface area contributed by atoms with Crippen LogP contribution >= 0.6 is 15.9 Å². The van der Waals surface area contributed by atoms with E-state index in [0.29, 0.717) is 30.8 Å². The summed E-state index contributed by atoms with van der Waals surface area (Å²) < 4.78 is 50.4. The van der Waals surface area contributed by atoms with E-state index in [1.165, 1.54) is 34.8 Å². The molecule has 0 aliphatic carbocycles. The Labute approximate surface area is 176 Å². The second-order valence-corrected chi connectivity index (χ2v) is 9.06. The van der Waals surface area contributed by atoms with Crippen LogP contribution in [0.2, 0.25) is 0 Å². The number of nitrogens with one attached hydrogen (secondary N) is 1. The maximum absolute atomic E-state index is 13.2. The van der Waals surface area contributed by atoms with Crippen molar-refractivity contribution in [2.75, 3.05) is 38.6 Å². The van der Waals surface area contributed by atoms with Crippen LogP contribution in [-0.2, 0) is 14.8 Å². The third kappa shape index (κ3) is 5.72.